The van der Waals surface area contributed by atoms with Crippen LogP contribution in [0.1, 0.15) is 38.3 Å². The molecule has 0 bridgehead atoms. The van der Waals surface area contributed by atoms with Gasteiger partial charge in [0.05, 0.1) is 28.5 Å². The Morgan fingerprint density at radius 1 is 1.17 bits per heavy atom. The fraction of sp³-hybridized carbons (Fsp3) is 0.409. The lowest BCUT2D eigenvalue weighted by Gasteiger charge is -2.22. The summed E-state index contributed by atoms with van der Waals surface area (Å²) in [5.74, 6) is -1.24. The van der Waals surface area contributed by atoms with Gasteiger partial charge in [-0.3, -0.25) is 4.68 Å². The zero-order valence-electron chi connectivity index (χ0n) is 19.4. The van der Waals surface area contributed by atoms with Crippen molar-refractivity contribution in [3.63, 3.8) is 0 Å². The minimum Gasteiger partial charge on any atom is -0.381 e. The van der Waals surface area contributed by atoms with E-state index in [0.717, 1.165) is 12.1 Å². The summed E-state index contributed by atoms with van der Waals surface area (Å²) in [6.07, 6.45) is 0.0140. The number of hydrogen-bond donors (Lipinski definition) is 2. The zero-order valence-corrected chi connectivity index (χ0v) is 20.2. The van der Waals surface area contributed by atoms with E-state index in [2.05, 4.69) is 25.1 Å². The molecule has 14 heteroatoms. The van der Waals surface area contributed by atoms with Crippen LogP contribution >= 0.6 is 0 Å². The maximum absolute atomic E-state index is 14.7. The summed E-state index contributed by atoms with van der Waals surface area (Å²) in [5.41, 5.74) is -1.57. The molecule has 1 aliphatic rings. The van der Waals surface area contributed by atoms with Crippen molar-refractivity contribution in [1.29, 1.82) is 0 Å². The number of halogens is 4. The Labute approximate surface area is 205 Å². The second kappa shape index (κ2) is 10.1. The van der Waals surface area contributed by atoms with Crippen molar-refractivity contribution >= 4 is 21.7 Å². The van der Waals surface area contributed by atoms with Crippen LogP contribution in [-0.4, -0.2) is 47.4 Å². The molecule has 36 heavy (non-hydrogen) atoms. The third kappa shape index (κ3) is 5.82. The first-order chi connectivity index (χ1) is 16.9. The molecule has 0 unspecified atom stereocenters. The van der Waals surface area contributed by atoms with Gasteiger partial charge in [-0.15, -0.1) is 0 Å². The van der Waals surface area contributed by atoms with Crippen molar-refractivity contribution in [3.8, 4) is 11.3 Å². The quantitative estimate of drug-likeness (QED) is 0.441. The number of alkyl halides is 3. The van der Waals surface area contributed by atoms with E-state index >= 15 is 0 Å². The standard InChI is InChI=1S/C22H24F4N6O3S/c1-13(2)31-36(33,34)16-3-4-19(18(23)9-16)29-21-27-11-17(22(24,25)26)20(30-21)14-10-28-32(12-14)15-5-7-35-8-6-15/h3-4,9-13,15,31H,5-8H2,1-2H3,(H,27,29,30). The molecule has 2 N–H and O–H groups in total. The Kier molecular flexibility index (Phi) is 7.29. The van der Waals surface area contributed by atoms with Crippen molar-refractivity contribution in [3.05, 3.63) is 48.2 Å². The van der Waals surface area contributed by atoms with Crippen LogP contribution in [0.2, 0.25) is 0 Å². The van der Waals surface area contributed by atoms with Gasteiger partial charge in [0.1, 0.15) is 11.4 Å². The number of ether oxygens (including phenoxy) is 1. The maximum Gasteiger partial charge on any atom is 0.419 e. The van der Waals surface area contributed by atoms with Gasteiger partial charge >= 0.3 is 6.18 Å². The smallest absolute Gasteiger partial charge is 0.381 e. The normalized spacial score (nSPS) is 15.4. The van der Waals surface area contributed by atoms with Crippen molar-refractivity contribution in [1.82, 2.24) is 24.5 Å². The number of hydrogen-bond acceptors (Lipinski definition) is 7. The van der Waals surface area contributed by atoms with E-state index in [1.54, 1.807) is 18.5 Å². The molecule has 1 aromatic carbocycles. The SMILES string of the molecule is CC(C)NS(=O)(=O)c1ccc(Nc2ncc(C(F)(F)F)c(-c3cnn(C4CCOCC4)c3)n2)c(F)c1. The predicted octanol–water partition coefficient (Wildman–Crippen LogP) is 4.28. The summed E-state index contributed by atoms with van der Waals surface area (Å²) >= 11 is 0. The van der Waals surface area contributed by atoms with Crippen LogP contribution < -0.4 is 10.0 Å². The summed E-state index contributed by atoms with van der Waals surface area (Å²) < 4.78 is 89.6. The average molecular weight is 529 g/mol. The van der Waals surface area contributed by atoms with Crippen LogP contribution in [0, 0.1) is 5.82 Å². The molecule has 9 nitrogen and oxygen atoms in total. The number of sulfonamides is 1. The lowest BCUT2D eigenvalue weighted by atomic mass is 10.1. The van der Waals surface area contributed by atoms with E-state index < -0.39 is 39.3 Å². The Bertz CT molecular complexity index is 1340. The van der Waals surface area contributed by atoms with E-state index in [1.165, 1.54) is 18.5 Å². The van der Waals surface area contributed by atoms with Gasteiger partial charge in [0, 0.05) is 37.2 Å². The summed E-state index contributed by atoms with van der Waals surface area (Å²) in [6, 6.07) is 2.71. The van der Waals surface area contributed by atoms with E-state index in [4.69, 9.17) is 4.74 Å². The molecule has 0 radical (unpaired) electrons. The summed E-state index contributed by atoms with van der Waals surface area (Å²) in [4.78, 5) is 7.39. The Hall–Kier alpha value is -3.10. The van der Waals surface area contributed by atoms with Crippen LogP contribution in [0.25, 0.3) is 11.3 Å². The van der Waals surface area contributed by atoms with Crippen molar-refractivity contribution < 1.29 is 30.7 Å². The lowest BCUT2D eigenvalue weighted by molar-refractivity contribution is -0.137. The first kappa shape index (κ1) is 26.0. The number of nitrogens with zero attached hydrogens (tertiary/aromatic N) is 4. The highest BCUT2D eigenvalue weighted by Gasteiger charge is 2.36. The van der Waals surface area contributed by atoms with Gasteiger partial charge in [-0.2, -0.15) is 18.3 Å². The molecule has 1 aliphatic heterocycles. The fourth-order valence-corrected chi connectivity index (χ4v) is 5.00. The summed E-state index contributed by atoms with van der Waals surface area (Å²) in [5, 5.41) is 6.74. The molecule has 0 atom stereocenters. The van der Waals surface area contributed by atoms with Crippen molar-refractivity contribution in [2.45, 2.75) is 49.8 Å². The van der Waals surface area contributed by atoms with Crippen molar-refractivity contribution in [2.75, 3.05) is 18.5 Å². The van der Waals surface area contributed by atoms with Crippen LogP contribution in [0.15, 0.2) is 41.7 Å². The minimum absolute atomic E-state index is 0.00431. The molecule has 0 amide bonds. The van der Waals surface area contributed by atoms with Gasteiger partial charge in [0.2, 0.25) is 16.0 Å². The first-order valence-corrected chi connectivity index (χ1v) is 12.6. The molecule has 1 fully saturated rings. The molecule has 3 aromatic rings. The van der Waals surface area contributed by atoms with Gasteiger partial charge < -0.3 is 10.1 Å². The third-order valence-corrected chi connectivity index (χ3v) is 7.08. The fourth-order valence-electron chi connectivity index (χ4n) is 3.74. The largest absolute Gasteiger partial charge is 0.419 e. The maximum atomic E-state index is 14.7. The van der Waals surface area contributed by atoms with E-state index in [1.807, 2.05) is 0 Å². The lowest BCUT2D eigenvalue weighted by Crippen LogP contribution is -2.30. The van der Waals surface area contributed by atoms with Gasteiger partial charge in [-0.1, -0.05) is 0 Å². The second-order valence-corrected chi connectivity index (χ2v) is 10.3. The third-order valence-electron chi connectivity index (χ3n) is 5.42. The average Bonchev–Trinajstić information content (AvgIpc) is 3.30. The number of nitrogens with one attached hydrogen (secondary N) is 2. The highest BCUT2D eigenvalue weighted by atomic mass is 32.2. The summed E-state index contributed by atoms with van der Waals surface area (Å²) in [7, 11) is -3.93. The molecule has 0 spiro atoms. The Morgan fingerprint density at radius 3 is 2.53 bits per heavy atom. The topological polar surface area (TPSA) is 111 Å². The van der Waals surface area contributed by atoms with Gasteiger partial charge in [0.15, 0.2) is 0 Å². The molecule has 3 heterocycles. The first-order valence-electron chi connectivity index (χ1n) is 11.1. The van der Waals surface area contributed by atoms with E-state index in [0.29, 0.717) is 32.3 Å². The highest BCUT2D eigenvalue weighted by molar-refractivity contribution is 7.89. The highest BCUT2D eigenvalue weighted by Crippen LogP contribution is 2.37. The zero-order chi connectivity index (χ0) is 26.1. The van der Waals surface area contributed by atoms with Crippen LogP contribution in [0.5, 0.6) is 0 Å². The number of rotatable bonds is 7. The predicted molar refractivity (Wildman–Crippen MR) is 122 cm³/mol. The number of benzene rings is 1. The van der Waals surface area contributed by atoms with Crippen LogP contribution in [0.3, 0.4) is 0 Å². The monoisotopic (exact) mass is 528 g/mol. The van der Waals surface area contributed by atoms with Gasteiger partial charge in [0.25, 0.3) is 0 Å². The van der Waals surface area contributed by atoms with Crippen LogP contribution in [0.4, 0.5) is 29.2 Å². The summed E-state index contributed by atoms with van der Waals surface area (Å²) in [6.45, 7) is 4.32. The molecule has 0 aliphatic carbocycles. The molecular formula is C22H24F4N6O3S. The molecule has 4 rings (SSSR count). The van der Waals surface area contributed by atoms with Gasteiger partial charge in [-0.25, -0.2) is 27.5 Å². The molecule has 1 saturated heterocycles. The van der Waals surface area contributed by atoms with Crippen LogP contribution in [-0.2, 0) is 20.9 Å². The molecule has 194 valence electrons. The Morgan fingerprint density at radius 2 is 1.89 bits per heavy atom. The van der Waals surface area contributed by atoms with Crippen molar-refractivity contribution in [2.24, 2.45) is 0 Å². The number of anilines is 2. The van der Waals surface area contributed by atoms with Gasteiger partial charge in [-0.05, 0) is 44.9 Å². The Balaban J connectivity index is 1.65. The van der Waals surface area contributed by atoms with E-state index in [9.17, 15) is 26.0 Å². The minimum atomic E-state index is -4.74. The number of aromatic nitrogens is 4. The van der Waals surface area contributed by atoms with E-state index in [-0.39, 0.29) is 28.1 Å². The molecule has 2 aromatic heterocycles. The second-order valence-electron chi connectivity index (χ2n) is 8.55. The molecular weight excluding hydrogens is 504 g/mol. The molecule has 0 saturated carbocycles.